The van der Waals surface area contributed by atoms with Gasteiger partial charge in [0.05, 0.1) is 12.7 Å². The SMILES string of the molecule is CC(CCNC(=O)OCCCc1ccncc1)CC(=O)NCC#N. The van der Waals surface area contributed by atoms with Crippen molar-refractivity contribution in [3.8, 4) is 6.07 Å². The highest BCUT2D eigenvalue weighted by Gasteiger charge is 2.09. The molecule has 0 aromatic carbocycles. The third-order valence-corrected chi connectivity index (χ3v) is 3.40. The first kappa shape index (κ1) is 19.4. The van der Waals surface area contributed by atoms with E-state index in [1.54, 1.807) is 12.4 Å². The van der Waals surface area contributed by atoms with E-state index in [1.807, 2.05) is 25.1 Å². The molecule has 0 spiro atoms. The van der Waals surface area contributed by atoms with Crippen LogP contribution in [0.25, 0.3) is 0 Å². The zero-order chi connectivity index (χ0) is 17.6. The van der Waals surface area contributed by atoms with Crippen LogP contribution >= 0.6 is 0 Å². The molecule has 2 amide bonds. The summed E-state index contributed by atoms with van der Waals surface area (Å²) in [5.41, 5.74) is 1.16. The fourth-order valence-electron chi connectivity index (χ4n) is 2.09. The Morgan fingerprint density at radius 2 is 2.08 bits per heavy atom. The molecule has 24 heavy (non-hydrogen) atoms. The average Bonchev–Trinajstić information content (AvgIpc) is 2.58. The van der Waals surface area contributed by atoms with Gasteiger partial charge in [-0.3, -0.25) is 9.78 Å². The van der Waals surface area contributed by atoms with Crippen LogP contribution in [0, 0.1) is 17.2 Å². The Labute approximate surface area is 142 Å². The largest absolute Gasteiger partial charge is 0.450 e. The van der Waals surface area contributed by atoms with Crippen LogP contribution in [0.4, 0.5) is 4.79 Å². The van der Waals surface area contributed by atoms with Crippen molar-refractivity contribution in [1.82, 2.24) is 15.6 Å². The van der Waals surface area contributed by atoms with Crippen molar-refractivity contribution < 1.29 is 14.3 Å². The monoisotopic (exact) mass is 332 g/mol. The predicted molar refractivity (Wildman–Crippen MR) is 88.9 cm³/mol. The molecule has 0 aliphatic carbocycles. The van der Waals surface area contributed by atoms with Crippen molar-refractivity contribution in [3.63, 3.8) is 0 Å². The number of carbonyl (C=O) groups excluding carboxylic acids is 2. The number of nitrogens with zero attached hydrogens (tertiary/aromatic N) is 2. The Balaban J connectivity index is 2.03. The maximum atomic E-state index is 11.5. The second kappa shape index (κ2) is 11.9. The van der Waals surface area contributed by atoms with Crippen molar-refractivity contribution in [2.45, 2.75) is 32.6 Å². The van der Waals surface area contributed by atoms with E-state index in [4.69, 9.17) is 10.00 Å². The molecule has 7 heteroatoms. The lowest BCUT2D eigenvalue weighted by molar-refractivity contribution is -0.121. The van der Waals surface area contributed by atoms with Gasteiger partial charge in [-0.2, -0.15) is 5.26 Å². The summed E-state index contributed by atoms with van der Waals surface area (Å²) < 4.78 is 5.10. The Morgan fingerprint density at radius 3 is 2.79 bits per heavy atom. The standard InChI is InChI=1S/C17H24N4O3/c1-14(13-16(22)20-11-7-18)4-10-21-17(23)24-12-2-3-15-5-8-19-9-6-15/h5-6,8-9,14H,2-4,10-13H2,1H3,(H,20,22)(H,21,23). The summed E-state index contributed by atoms with van der Waals surface area (Å²) in [6, 6.07) is 5.73. The number of amides is 2. The normalized spacial score (nSPS) is 11.2. The number of aromatic nitrogens is 1. The number of aryl methyl sites for hydroxylation is 1. The van der Waals surface area contributed by atoms with E-state index in [-0.39, 0.29) is 18.4 Å². The molecule has 1 aromatic heterocycles. The molecule has 2 N–H and O–H groups in total. The van der Waals surface area contributed by atoms with Gasteiger partial charge in [0.2, 0.25) is 5.91 Å². The molecule has 0 radical (unpaired) electrons. The third kappa shape index (κ3) is 9.41. The third-order valence-electron chi connectivity index (χ3n) is 3.40. The molecule has 1 aromatic rings. The molecule has 1 heterocycles. The van der Waals surface area contributed by atoms with Crippen LogP contribution in [0.5, 0.6) is 0 Å². The van der Waals surface area contributed by atoms with E-state index >= 15 is 0 Å². The Hall–Kier alpha value is -2.62. The minimum absolute atomic E-state index is 0.0234. The first-order valence-corrected chi connectivity index (χ1v) is 8.05. The van der Waals surface area contributed by atoms with E-state index in [0.717, 1.165) is 18.4 Å². The highest BCUT2D eigenvalue weighted by molar-refractivity contribution is 5.76. The number of pyridine rings is 1. The van der Waals surface area contributed by atoms with Crippen LogP contribution in [-0.2, 0) is 16.0 Å². The maximum absolute atomic E-state index is 11.5. The van der Waals surface area contributed by atoms with Crippen LogP contribution in [0.2, 0.25) is 0 Å². The van der Waals surface area contributed by atoms with Gasteiger partial charge in [0, 0.05) is 25.4 Å². The molecule has 1 atom stereocenters. The number of nitrogens with one attached hydrogen (secondary N) is 2. The van der Waals surface area contributed by atoms with E-state index in [0.29, 0.717) is 26.0 Å². The number of carbonyl (C=O) groups is 2. The molecule has 0 aliphatic rings. The summed E-state index contributed by atoms with van der Waals surface area (Å²) in [5.74, 6) is -0.0292. The van der Waals surface area contributed by atoms with Gasteiger partial charge in [-0.25, -0.2) is 4.79 Å². The predicted octanol–water partition coefficient (Wildman–Crippen LogP) is 1.80. The van der Waals surface area contributed by atoms with Crippen molar-refractivity contribution in [2.75, 3.05) is 19.7 Å². The second-order valence-corrected chi connectivity index (χ2v) is 5.55. The van der Waals surface area contributed by atoms with Crippen LogP contribution < -0.4 is 10.6 Å². The van der Waals surface area contributed by atoms with Crippen molar-refractivity contribution >= 4 is 12.0 Å². The number of hydrogen-bond acceptors (Lipinski definition) is 5. The summed E-state index contributed by atoms with van der Waals surface area (Å²) in [6.45, 7) is 2.76. The minimum Gasteiger partial charge on any atom is -0.450 e. The zero-order valence-electron chi connectivity index (χ0n) is 14.0. The fraction of sp³-hybridized carbons (Fsp3) is 0.529. The summed E-state index contributed by atoms with van der Waals surface area (Å²) >= 11 is 0. The van der Waals surface area contributed by atoms with E-state index < -0.39 is 6.09 Å². The Kier molecular flexibility index (Phi) is 9.62. The summed E-state index contributed by atoms with van der Waals surface area (Å²) in [4.78, 5) is 26.9. The molecule has 0 aliphatic heterocycles. The molecule has 0 saturated carbocycles. The van der Waals surface area contributed by atoms with E-state index in [2.05, 4.69) is 15.6 Å². The summed E-state index contributed by atoms with van der Waals surface area (Å²) in [7, 11) is 0. The molecular formula is C17H24N4O3. The number of alkyl carbamates (subject to hydrolysis) is 1. The van der Waals surface area contributed by atoms with Crippen LogP contribution in [0.1, 0.15) is 31.7 Å². The van der Waals surface area contributed by atoms with Gasteiger partial charge in [-0.15, -0.1) is 0 Å². The lowest BCUT2D eigenvalue weighted by atomic mass is 10.0. The first-order valence-electron chi connectivity index (χ1n) is 8.05. The van der Waals surface area contributed by atoms with Crippen molar-refractivity contribution in [2.24, 2.45) is 5.92 Å². The van der Waals surface area contributed by atoms with Gasteiger partial charge in [0.15, 0.2) is 0 Å². The quantitative estimate of drug-likeness (QED) is 0.502. The highest BCUT2D eigenvalue weighted by Crippen LogP contribution is 2.06. The van der Waals surface area contributed by atoms with Crippen LogP contribution in [0.15, 0.2) is 24.5 Å². The fourth-order valence-corrected chi connectivity index (χ4v) is 2.09. The topological polar surface area (TPSA) is 104 Å². The summed E-state index contributed by atoms with van der Waals surface area (Å²) in [5, 5.41) is 13.5. The molecule has 0 saturated heterocycles. The highest BCUT2D eigenvalue weighted by atomic mass is 16.5. The minimum atomic E-state index is -0.439. The summed E-state index contributed by atoms with van der Waals surface area (Å²) in [6.07, 6.45) is 5.65. The Morgan fingerprint density at radius 1 is 1.33 bits per heavy atom. The van der Waals surface area contributed by atoms with Gasteiger partial charge < -0.3 is 15.4 Å². The van der Waals surface area contributed by atoms with Gasteiger partial charge in [0.25, 0.3) is 0 Å². The van der Waals surface area contributed by atoms with Crippen LogP contribution in [-0.4, -0.2) is 36.7 Å². The van der Waals surface area contributed by atoms with Crippen molar-refractivity contribution in [3.05, 3.63) is 30.1 Å². The zero-order valence-corrected chi connectivity index (χ0v) is 14.0. The van der Waals surface area contributed by atoms with E-state index in [9.17, 15) is 9.59 Å². The van der Waals surface area contributed by atoms with Crippen LogP contribution in [0.3, 0.4) is 0 Å². The molecule has 0 bridgehead atoms. The van der Waals surface area contributed by atoms with E-state index in [1.165, 1.54) is 0 Å². The molecule has 0 fully saturated rings. The van der Waals surface area contributed by atoms with Gasteiger partial charge in [0.1, 0.15) is 6.54 Å². The number of ether oxygens (including phenoxy) is 1. The molecule has 7 nitrogen and oxygen atoms in total. The average molecular weight is 332 g/mol. The number of rotatable bonds is 10. The lowest BCUT2D eigenvalue weighted by Crippen LogP contribution is -2.29. The second-order valence-electron chi connectivity index (χ2n) is 5.55. The molecule has 1 unspecified atom stereocenters. The first-order chi connectivity index (χ1) is 11.6. The van der Waals surface area contributed by atoms with Gasteiger partial charge in [-0.1, -0.05) is 6.92 Å². The smallest absolute Gasteiger partial charge is 0.407 e. The maximum Gasteiger partial charge on any atom is 0.407 e. The van der Waals surface area contributed by atoms with Crippen molar-refractivity contribution in [1.29, 1.82) is 5.26 Å². The molecular weight excluding hydrogens is 308 g/mol. The number of nitriles is 1. The lowest BCUT2D eigenvalue weighted by Gasteiger charge is -2.11. The molecule has 130 valence electrons. The van der Waals surface area contributed by atoms with Gasteiger partial charge >= 0.3 is 6.09 Å². The van der Waals surface area contributed by atoms with Gasteiger partial charge in [-0.05, 0) is 42.9 Å². The number of hydrogen-bond donors (Lipinski definition) is 2. The Bertz CT molecular complexity index is 543. The molecule has 1 rings (SSSR count).